The molecule has 5 nitrogen and oxygen atoms in total. The van der Waals surface area contributed by atoms with E-state index in [0.29, 0.717) is 13.2 Å². The minimum Gasteiger partial charge on any atom is -0.455 e. The topological polar surface area (TPSA) is 55.8 Å². The number of benzene rings is 1. The maximum Gasteiger partial charge on any atom is 0.317 e. The number of esters is 1. The van der Waals surface area contributed by atoms with Gasteiger partial charge in [0.05, 0.1) is 24.2 Å². The van der Waals surface area contributed by atoms with Gasteiger partial charge in [0.25, 0.3) is 5.91 Å². The molecule has 152 valence electrons. The zero-order chi connectivity index (χ0) is 19.7. The van der Waals surface area contributed by atoms with Crippen molar-refractivity contribution in [2.24, 2.45) is 0 Å². The average Bonchev–Trinajstić information content (AvgIpc) is 2.64. The predicted molar refractivity (Wildman–Crippen MR) is 106 cm³/mol. The number of fused-ring (bicyclic) bond motifs is 1. The van der Waals surface area contributed by atoms with E-state index < -0.39 is 5.41 Å². The number of hydrogen-bond acceptors (Lipinski definition) is 4. The number of carbonyl (C=O) groups is 2. The molecule has 1 aromatic carbocycles. The van der Waals surface area contributed by atoms with E-state index in [2.05, 4.69) is 32.0 Å². The van der Waals surface area contributed by atoms with Gasteiger partial charge in [0.15, 0.2) is 6.61 Å². The maximum atomic E-state index is 13.0. The minimum atomic E-state index is -0.574. The quantitative estimate of drug-likeness (QED) is 0.745. The second-order valence-electron chi connectivity index (χ2n) is 8.74. The summed E-state index contributed by atoms with van der Waals surface area (Å²) in [5.74, 6) is -0.325. The zero-order valence-corrected chi connectivity index (χ0v) is 17.0. The zero-order valence-electron chi connectivity index (χ0n) is 17.0. The number of carbonyl (C=O) groups excluding carboxylic acids is 2. The highest BCUT2D eigenvalue weighted by Crippen LogP contribution is 2.45. The van der Waals surface area contributed by atoms with Crippen LogP contribution in [-0.2, 0) is 24.5 Å². The lowest BCUT2D eigenvalue weighted by molar-refractivity contribution is -0.166. The summed E-state index contributed by atoms with van der Waals surface area (Å²) in [5.41, 5.74) is 2.77. The Morgan fingerprint density at radius 3 is 2.50 bits per heavy atom. The summed E-state index contributed by atoms with van der Waals surface area (Å²) in [5, 5.41) is 0. The molecule has 0 bridgehead atoms. The van der Waals surface area contributed by atoms with Gasteiger partial charge in [-0.05, 0) is 45.1 Å². The summed E-state index contributed by atoms with van der Waals surface area (Å²) in [6.07, 6.45) is 7.05. The molecule has 2 atom stereocenters. The molecular formula is C23H31NO4. The summed E-state index contributed by atoms with van der Waals surface area (Å²) >= 11 is 0. The highest BCUT2D eigenvalue weighted by Gasteiger charge is 2.47. The van der Waals surface area contributed by atoms with E-state index in [1.54, 1.807) is 0 Å². The number of rotatable bonds is 4. The van der Waals surface area contributed by atoms with Gasteiger partial charge in [-0.15, -0.1) is 0 Å². The molecule has 0 aromatic heterocycles. The van der Waals surface area contributed by atoms with Crippen molar-refractivity contribution in [3.8, 4) is 0 Å². The summed E-state index contributed by atoms with van der Waals surface area (Å²) in [6.45, 7) is 5.12. The SMILES string of the molecule is Cc1cc(C)cc(C2(C(=O)OCC(=O)N3CCO[C@H]4CCCC[C@@H]43)CCC2)c1. The number of amides is 1. The number of hydrogen-bond donors (Lipinski definition) is 0. The number of nitrogens with zero attached hydrogens (tertiary/aromatic N) is 1. The molecule has 0 radical (unpaired) electrons. The van der Waals surface area contributed by atoms with E-state index in [0.717, 1.165) is 61.6 Å². The molecule has 28 heavy (non-hydrogen) atoms. The summed E-state index contributed by atoms with van der Waals surface area (Å²) in [4.78, 5) is 27.7. The van der Waals surface area contributed by atoms with Crippen LogP contribution in [0.2, 0.25) is 0 Å². The number of aryl methyl sites for hydroxylation is 2. The average molecular weight is 386 g/mol. The third-order valence-corrected chi connectivity index (χ3v) is 6.75. The van der Waals surface area contributed by atoms with Gasteiger partial charge in [0.1, 0.15) is 0 Å². The molecule has 0 spiro atoms. The van der Waals surface area contributed by atoms with Crippen LogP contribution in [0.3, 0.4) is 0 Å². The lowest BCUT2D eigenvalue weighted by Gasteiger charge is -2.44. The van der Waals surface area contributed by atoms with Gasteiger partial charge in [-0.3, -0.25) is 9.59 Å². The van der Waals surface area contributed by atoms with E-state index in [1.807, 2.05) is 4.90 Å². The van der Waals surface area contributed by atoms with Crippen molar-refractivity contribution in [2.75, 3.05) is 19.8 Å². The van der Waals surface area contributed by atoms with Crippen LogP contribution in [0, 0.1) is 13.8 Å². The fraction of sp³-hybridized carbons (Fsp3) is 0.652. The second kappa shape index (κ2) is 7.86. The van der Waals surface area contributed by atoms with E-state index in [4.69, 9.17) is 9.47 Å². The number of morpholine rings is 1. The van der Waals surface area contributed by atoms with Gasteiger partial charge in [-0.2, -0.15) is 0 Å². The van der Waals surface area contributed by atoms with Crippen molar-refractivity contribution in [3.63, 3.8) is 0 Å². The highest BCUT2D eigenvalue weighted by molar-refractivity contribution is 5.87. The number of ether oxygens (including phenoxy) is 2. The van der Waals surface area contributed by atoms with Gasteiger partial charge >= 0.3 is 5.97 Å². The van der Waals surface area contributed by atoms with Crippen LogP contribution >= 0.6 is 0 Å². The molecule has 2 saturated carbocycles. The van der Waals surface area contributed by atoms with Crippen molar-refractivity contribution < 1.29 is 19.1 Å². The molecule has 1 saturated heterocycles. The first kappa shape index (κ1) is 19.4. The Balaban J connectivity index is 1.42. The first-order valence-corrected chi connectivity index (χ1v) is 10.7. The fourth-order valence-electron chi connectivity index (χ4n) is 5.15. The third-order valence-electron chi connectivity index (χ3n) is 6.75. The molecule has 5 heteroatoms. The normalized spacial score (nSPS) is 26.1. The van der Waals surface area contributed by atoms with Gasteiger partial charge in [0.2, 0.25) is 0 Å². The Morgan fingerprint density at radius 2 is 1.82 bits per heavy atom. The first-order chi connectivity index (χ1) is 13.5. The molecule has 1 aliphatic heterocycles. The fourth-order valence-corrected chi connectivity index (χ4v) is 5.15. The van der Waals surface area contributed by atoms with Crippen molar-refractivity contribution in [1.29, 1.82) is 0 Å². The summed E-state index contributed by atoms with van der Waals surface area (Å²) in [7, 11) is 0. The van der Waals surface area contributed by atoms with Crippen LogP contribution in [0.1, 0.15) is 61.6 Å². The van der Waals surface area contributed by atoms with E-state index in [1.165, 1.54) is 0 Å². The Labute approximate surface area is 167 Å². The van der Waals surface area contributed by atoms with Gasteiger partial charge in [-0.25, -0.2) is 0 Å². The Hall–Kier alpha value is -1.88. The highest BCUT2D eigenvalue weighted by atomic mass is 16.5. The van der Waals surface area contributed by atoms with Gasteiger partial charge in [-0.1, -0.05) is 48.6 Å². The molecule has 3 fully saturated rings. The second-order valence-corrected chi connectivity index (χ2v) is 8.74. The van der Waals surface area contributed by atoms with Crippen molar-refractivity contribution >= 4 is 11.9 Å². The predicted octanol–water partition coefficient (Wildman–Crippen LogP) is 3.44. The minimum absolute atomic E-state index is 0.0801. The lowest BCUT2D eigenvalue weighted by Crippen LogP contribution is -2.56. The Morgan fingerprint density at radius 1 is 1.11 bits per heavy atom. The van der Waals surface area contributed by atoms with Crippen LogP contribution in [-0.4, -0.2) is 48.7 Å². The standard InChI is InChI=1S/C23H31NO4/c1-16-12-17(2)14-18(13-16)23(8-5-9-23)22(26)28-15-21(25)24-10-11-27-20-7-4-3-6-19(20)24/h12-14,19-20H,3-11,15H2,1-2H3/t19-,20-/m0/s1. The van der Waals surface area contributed by atoms with Crippen LogP contribution < -0.4 is 0 Å². The van der Waals surface area contributed by atoms with Gasteiger partial charge < -0.3 is 14.4 Å². The molecule has 0 N–H and O–H groups in total. The Bertz CT molecular complexity index is 733. The molecule has 0 unspecified atom stereocenters. The summed E-state index contributed by atoms with van der Waals surface area (Å²) in [6, 6.07) is 6.43. The first-order valence-electron chi connectivity index (χ1n) is 10.7. The summed E-state index contributed by atoms with van der Waals surface area (Å²) < 4.78 is 11.5. The molecule has 2 aliphatic carbocycles. The maximum absolute atomic E-state index is 13.0. The molecule has 1 amide bonds. The largest absolute Gasteiger partial charge is 0.455 e. The van der Waals surface area contributed by atoms with Crippen LogP contribution in [0.25, 0.3) is 0 Å². The van der Waals surface area contributed by atoms with E-state index in [-0.39, 0.29) is 30.6 Å². The monoisotopic (exact) mass is 385 g/mol. The molecule has 1 heterocycles. The molecular weight excluding hydrogens is 354 g/mol. The Kier molecular flexibility index (Phi) is 5.46. The third kappa shape index (κ3) is 3.57. The van der Waals surface area contributed by atoms with Crippen LogP contribution in [0.4, 0.5) is 0 Å². The van der Waals surface area contributed by atoms with Crippen molar-refractivity contribution in [2.45, 2.75) is 76.4 Å². The van der Waals surface area contributed by atoms with Crippen LogP contribution in [0.5, 0.6) is 0 Å². The lowest BCUT2D eigenvalue weighted by atomic mass is 9.64. The van der Waals surface area contributed by atoms with E-state index in [9.17, 15) is 9.59 Å². The van der Waals surface area contributed by atoms with Crippen molar-refractivity contribution in [1.82, 2.24) is 4.90 Å². The van der Waals surface area contributed by atoms with Gasteiger partial charge in [0, 0.05) is 6.54 Å². The molecule has 1 aromatic rings. The van der Waals surface area contributed by atoms with Crippen LogP contribution in [0.15, 0.2) is 18.2 Å². The smallest absolute Gasteiger partial charge is 0.317 e. The molecule has 4 rings (SSSR count). The van der Waals surface area contributed by atoms with E-state index >= 15 is 0 Å². The molecule has 3 aliphatic rings. The van der Waals surface area contributed by atoms with Crippen molar-refractivity contribution in [3.05, 3.63) is 34.9 Å².